The lowest BCUT2D eigenvalue weighted by molar-refractivity contribution is -0.451. The molecule has 1 aliphatic carbocycles. The second kappa shape index (κ2) is 5.24. The lowest BCUT2D eigenvalue weighted by Crippen LogP contribution is -2.82. The van der Waals surface area contributed by atoms with Gasteiger partial charge in [0.2, 0.25) is 11.3 Å². The molecule has 8 heteroatoms. The molecule has 0 saturated heterocycles. The largest absolute Gasteiger partial charge is 0.355 e. The lowest BCUT2D eigenvalue weighted by atomic mass is 9.56. The first-order chi connectivity index (χ1) is 11.0. The van der Waals surface area contributed by atoms with Crippen molar-refractivity contribution in [1.29, 1.82) is 0 Å². The fourth-order valence-corrected chi connectivity index (χ4v) is 3.45. The zero-order valence-corrected chi connectivity index (χ0v) is 14.8. The zero-order valence-electron chi connectivity index (χ0n) is 11.6. The maximum Gasteiger partial charge on any atom is 0.355 e. The summed E-state index contributed by atoms with van der Waals surface area (Å²) in [5, 5.41) is 0. The zero-order chi connectivity index (χ0) is 18.0. The average molecular weight is 474 g/mol. The van der Waals surface area contributed by atoms with Crippen LogP contribution in [0.2, 0.25) is 0 Å². The third-order valence-electron chi connectivity index (χ3n) is 4.22. The van der Waals surface area contributed by atoms with E-state index in [1.165, 1.54) is 24.3 Å². The highest BCUT2D eigenvalue weighted by Crippen LogP contribution is 2.76. The van der Waals surface area contributed by atoms with Gasteiger partial charge in [0.15, 0.2) is 0 Å². The summed E-state index contributed by atoms with van der Waals surface area (Å²) >= 11 is 6.05. The van der Waals surface area contributed by atoms with Crippen molar-refractivity contribution in [1.82, 2.24) is 0 Å². The number of rotatable bonds is 2. The van der Waals surface area contributed by atoms with Crippen LogP contribution in [0.3, 0.4) is 0 Å². The third kappa shape index (κ3) is 1.87. The summed E-state index contributed by atoms with van der Waals surface area (Å²) in [5.74, 6) is -10.4. The first kappa shape index (κ1) is 17.8. The van der Waals surface area contributed by atoms with Crippen molar-refractivity contribution >= 4 is 31.9 Å². The van der Waals surface area contributed by atoms with Crippen molar-refractivity contribution in [3.63, 3.8) is 0 Å². The van der Waals surface area contributed by atoms with Gasteiger partial charge in [-0.15, -0.1) is 0 Å². The summed E-state index contributed by atoms with van der Waals surface area (Å²) in [4.78, 5) is 0. The number of hydrogen-bond donors (Lipinski definition) is 0. The van der Waals surface area contributed by atoms with Crippen molar-refractivity contribution in [3.8, 4) is 0 Å². The summed E-state index contributed by atoms with van der Waals surface area (Å²) in [7, 11) is 0. The Labute approximate surface area is 150 Å². The minimum atomic E-state index is -5.20. The molecule has 0 radical (unpaired) electrons. The number of benzene rings is 2. The highest BCUT2D eigenvalue weighted by Gasteiger charge is 2.98. The van der Waals surface area contributed by atoms with E-state index in [2.05, 4.69) is 31.9 Å². The van der Waals surface area contributed by atoms with Gasteiger partial charge >= 0.3 is 11.8 Å². The minimum absolute atomic E-state index is 0.414. The van der Waals surface area contributed by atoms with Crippen molar-refractivity contribution < 1.29 is 26.3 Å². The monoisotopic (exact) mass is 472 g/mol. The molecule has 0 N–H and O–H groups in total. The molecule has 24 heavy (non-hydrogen) atoms. The maximum absolute atomic E-state index is 15.2. The Morgan fingerprint density at radius 2 is 0.750 bits per heavy atom. The van der Waals surface area contributed by atoms with E-state index in [1.54, 1.807) is 0 Å². The fourth-order valence-electron chi connectivity index (χ4n) is 2.92. The van der Waals surface area contributed by atoms with Gasteiger partial charge in [-0.25, -0.2) is 8.78 Å². The molecule has 0 aliphatic heterocycles. The van der Waals surface area contributed by atoms with Crippen LogP contribution in [-0.4, -0.2) is 11.8 Å². The Morgan fingerprint density at radius 1 is 0.500 bits per heavy atom. The Balaban J connectivity index is 2.25. The summed E-state index contributed by atoms with van der Waals surface area (Å²) in [6.45, 7) is 0. The van der Waals surface area contributed by atoms with Crippen LogP contribution in [0, 0.1) is 0 Å². The van der Waals surface area contributed by atoms with Crippen LogP contribution >= 0.6 is 31.9 Å². The van der Waals surface area contributed by atoms with E-state index in [-0.39, 0.29) is 0 Å². The molecule has 0 heterocycles. The van der Waals surface area contributed by atoms with Gasteiger partial charge in [0.1, 0.15) is 0 Å². The van der Waals surface area contributed by atoms with Crippen LogP contribution < -0.4 is 0 Å². The number of halogens is 8. The Bertz CT molecular complexity index is 707. The molecule has 0 nitrogen and oxygen atoms in total. The highest BCUT2D eigenvalue weighted by molar-refractivity contribution is 9.10. The molecule has 128 valence electrons. The van der Waals surface area contributed by atoms with E-state index in [9.17, 15) is 17.6 Å². The van der Waals surface area contributed by atoms with E-state index < -0.39 is 34.3 Å². The third-order valence-corrected chi connectivity index (χ3v) is 5.28. The first-order valence-corrected chi connectivity index (χ1v) is 8.24. The van der Waals surface area contributed by atoms with Gasteiger partial charge in [-0.3, -0.25) is 0 Å². The summed E-state index contributed by atoms with van der Waals surface area (Å²) in [6.07, 6.45) is 0. The van der Waals surface area contributed by atoms with Crippen LogP contribution in [0.25, 0.3) is 0 Å². The second-order valence-electron chi connectivity index (χ2n) is 5.48. The van der Waals surface area contributed by atoms with Crippen molar-refractivity contribution in [3.05, 3.63) is 68.6 Å². The molecule has 1 fully saturated rings. The lowest BCUT2D eigenvalue weighted by Gasteiger charge is -2.58. The number of hydrogen-bond acceptors (Lipinski definition) is 0. The molecule has 2 aromatic carbocycles. The van der Waals surface area contributed by atoms with Crippen LogP contribution in [0.1, 0.15) is 11.1 Å². The second-order valence-corrected chi connectivity index (χ2v) is 7.31. The Hall–Kier alpha value is -1.02. The molecular formula is C16H8Br2F6. The average Bonchev–Trinajstić information content (AvgIpc) is 2.53. The highest BCUT2D eigenvalue weighted by atomic mass is 79.9. The maximum atomic E-state index is 15.2. The van der Waals surface area contributed by atoms with Gasteiger partial charge in [0.25, 0.3) is 0 Å². The quantitative estimate of drug-likeness (QED) is 0.435. The van der Waals surface area contributed by atoms with E-state index in [0.717, 1.165) is 24.3 Å². The standard InChI is InChI=1S/C16H8Br2F6/c17-11-5-1-9(2-6-11)13(19)14(20,16(23,24)15(13,21)22)10-3-7-12(18)8-4-10/h1-8H. The van der Waals surface area contributed by atoms with Crippen LogP contribution in [0.5, 0.6) is 0 Å². The van der Waals surface area contributed by atoms with Gasteiger partial charge in [0, 0.05) is 8.95 Å². The van der Waals surface area contributed by atoms with Gasteiger partial charge < -0.3 is 0 Å². The molecule has 2 unspecified atom stereocenters. The molecule has 2 atom stereocenters. The van der Waals surface area contributed by atoms with Crippen molar-refractivity contribution in [2.75, 3.05) is 0 Å². The van der Waals surface area contributed by atoms with E-state index in [4.69, 9.17) is 0 Å². The molecule has 0 aromatic heterocycles. The summed E-state index contributed by atoms with van der Waals surface area (Å²) < 4.78 is 87.4. The van der Waals surface area contributed by atoms with Crippen LogP contribution in [0.15, 0.2) is 57.5 Å². The Morgan fingerprint density at radius 3 is 1.00 bits per heavy atom. The SMILES string of the molecule is FC1(F)C(F)(F)C(F)(c2ccc(Br)cc2)C1(F)c1ccc(Br)cc1. The van der Waals surface area contributed by atoms with Gasteiger partial charge in [0.05, 0.1) is 0 Å². The Kier molecular flexibility index (Phi) is 3.88. The van der Waals surface area contributed by atoms with Gasteiger partial charge in [-0.05, 0) is 35.4 Å². The summed E-state index contributed by atoms with van der Waals surface area (Å²) in [6, 6.07) is 8.19. The van der Waals surface area contributed by atoms with E-state index in [0.29, 0.717) is 8.95 Å². The topological polar surface area (TPSA) is 0 Å². The fraction of sp³-hybridized carbons (Fsp3) is 0.250. The normalized spacial score (nSPS) is 30.7. The van der Waals surface area contributed by atoms with Crippen molar-refractivity contribution in [2.45, 2.75) is 23.2 Å². The van der Waals surface area contributed by atoms with E-state index >= 15 is 8.78 Å². The molecule has 1 saturated carbocycles. The minimum Gasteiger partial charge on any atom is -0.227 e. The molecule has 2 aromatic rings. The smallest absolute Gasteiger partial charge is 0.227 e. The van der Waals surface area contributed by atoms with Crippen LogP contribution in [-0.2, 0) is 11.3 Å². The van der Waals surface area contributed by atoms with Gasteiger partial charge in [-0.1, -0.05) is 56.1 Å². The van der Waals surface area contributed by atoms with Crippen LogP contribution in [0.4, 0.5) is 26.3 Å². The molecule has 1 aliphatic rings. The molecule has 0 bridgehead atoms. The molecule has 3 rings (SSSR count). The molecule has 0 spiro atoms. The number of alkyl halides is 6. The van der Waals surface area contributed by atoms with Gasteiger partial charge in [-0.2, -0.15) is 17.6 Å². The predicted octanol–water partition coefficient (Wildman–Crippen LogP) is 6.53. The van der Waals surface area contributed by atoms with E-state index in [1.807, 2.05) is 0 Å². The molecule has 0 amide bonds. The van der Waals surface area contributed by atoms with Crippen molar-refractivity contribution in [2.24, 2.45) is 0 Å². The molecular weight excluding hydrogens is 466 g/mol. The predicted molar refractivity (Wildman–Crippen MR) is 83.8 cm³/mol. The first-order valence-electron chi connectivity index (χ1n) is 6.65. The summed E-state index contributed by atoms with van der Waals surface area (Å²) in [5.41, 5.74) is -10.1.